The lowest BCUT2D eigenvalue weighted by atomic mass is 9.95. The lowest BCUT2D eigenvalue weighted by Crippen LogP contribution is -2.68. The summed E-state index contributed by atoms with van der Waals surface area (Å²) in [6.07, 6.45) is -10.5. The average molecular weight is 652 g/mol. The Hall–Kier alpha value is -3.27. The molecule has 47 heavy (non-hydrogen) atoms. The molecule has 252 valence electrons. The van der Waals surface area contributed by atoms with E-state index in [0.29, 0.717) is 0 Å². The quantitative estimate of drug-likeness (QED) is 0.241. The van der Waals surface area contributed by atoms with E-state index in [9.17, 15) is 20.1 Å². The molecule has 11 atom stereocenters. The van der Waals surface area contributed by atoms with Crippen molar-refractivity contribution in [2.45, 2.75) is 87.8 Å². The number of carbonyl (C=O) groups excluding carboxylic acids is 1. The number of aliphatic hydroxyl groups excluding tert-OH is 3. The van der Waals surface area contributed by atoms with Gasteiger partial charge < -0.3 is 53.8 Å². The van der Waals surface area contributed by atoms with Crippen LogP contribution in [-0.2, 0) is 51.2 Å². The third kappa shape index (κ3) is 8.07. The summed E-state index contributed by atoms with van der Waals surface area (Å²) in [7, 11) is 0. The van der Waals surface area contributed by atoms with Gasteiger partial charge in [-0.15, -0.1) is 0 Å². The highest BCUT2D eigenvalue weighted by molar-refractivity contribution is 5.73. The van der Waals surface area contributed by atoms with Crippen LogP contribution in [0.3, 0.4) is 0 Å². The van der Waals surface area contributed by atoms with Gasteiger partial charge in [0, 0.05) is 12.5 Å². The molecule has 0 aromatic heterocycles. The zero-order valence-corrected chi connectivity index (χ0v) is 25.9. The normalized spacial score (nSPS) is 33.9. The summed E-state index contributed by atoms with van der Waals surface area (Å²) in [6, 6.07) is 27.5. The van der Waals surface area contributed by atoms with E-state index in [4.69, 9.17) is 33.2 Å². The average Bonchev–Trinajstić information content (AvgIpc) is 3.10. The highest BCUT2D eigenvalue weighted by Gasteiger charge is 2.55. The van der Waals surface area contributed by atoms with E-state index in [1.165, 1.54) is 6.92 Å². The molecule has 3 aliphatic rings. The second-order valence-electron chi connectivity index (χ2n) is 11.8. The number of amides is 1. The van der Waals surface area contributed by atoms with E-state index in [1.807, 2.05) is 91.0 Å². The van der Waals surface area contributed by atoms with Gasteiger partial charge in [-0.1, -0.05) is 91.0 Å². The van der Waals surface area contributed by atoms with Crippen LogP contribution in [0.25, 0.3) is 0 Å². The Balaban J connectivity index is 1.34. The van der Waals surface area contributed by atoms with Gasteiger partial charge in [0.2, 0.25) is 5.91 Å². The number of nitrogens with one attached hydrogen (secondary N) is 1. The standard InChI is InChI=1S/C35H41NO11/c1-21(38)36-27-29(40)28(39)25(17-37)44-34(27)47-32-31(41-18-22-11-5-2-6-12-22)30-26(20-43-33(46-30)24-15-9-4-10-16-24)45-35(32)42-19-23-13-7-3-8-14-23/h2-16,25-35,37,39-40H,17-20H2,1H3,(H,36,38)/t25-,26+,27-,28-,29-,30+,31-,32-,33+,34+,35-/m0/s1. The van der Waals surface area contributed by atoms with Crippen LogP contribution in [0.4, 0.5) is 0 Å². The molecule has 4 N–H and O–H groups in total. The van der Waals surface area contributed by atoms with Gasteiger partial charge in [0.25, 0.3) is 0 Å². The first-order valence-corrected chi connectivity index (χ1v) is 15.7. The van der Waals surface area contributed by atoms with Crippen molar-refractivity contribution in [3.05, 3.63) is 108 Å². The van der Waals surface area contributed by atoms with Crippen molar-refractivity contribution in [2.24, 2.45) is 0 Å². The SMILES string of the molecule is CC(=O)N[C@@H]1[C@@H](O[C@@H]2[C@@H](OCc3ccccc3)O[C@@H]3CO[C@@H](c4ccccc4)O[C@H]3[C@@H]2OCc2ccccc2)O[C@@H](CO)[C@H](O)[C@H]1O. The summed E-state index contributed by atoms with van der Waals surface area (Å²) in [5.74, 6) is -0.479. The fraction of sp³-hybridized carbons (Fsp3) is 0.457. The Morgan fingerprint density at radius 1 is 0.787 bits per heavy atom. The molecule has 3 aromatic rings. The summed E-state index contributed by atoms with van der Waals surface area (Å²) in [5, 5.41) is 34.2. The molecule has 12 nitrogen and oxygen atoms in total. The maximum absolute atomic E-state index is 12.2. The molecule has 12 heteroatoms. The molecule has 0 bridgehead atoms. The Bertz CT molecular complexity index is 1400. The fourth-order valence-electron chi connectivity index (χ4n) is 6.06. The van der Waals surface area contributed by atoms with Gasteiger partial charge in [-0.2, -0.15) is 0 Å². The molecule has 3 aromatic carbocycles. The molecule has 0 radical (unpaired) electrons. The molecule has 0 aliphatic carbocycles. The number of aliphatic hydroxyl groups is 3. The highest BCUT2D eigenvalue weighted by Crippen LogP contribution is 2.38. The van der Waals surface area contributed by atoms with Gasteiger partial charge >= 0.3 is 0 Å². The lowest BCUT2D eigenvalue weighted by molar-refractivity contribution is -0.393. The number of hydrogen-bond donors (Lipinski definition) is 4. The molecule has 3 heterocycles. The summed E-state index contributed by atoms with van der Waals surface area (Å²) in [6.45, 7) is 1.22. The molecule has 0 unspecified atom stereocenters. The number of fused-ring (bicyclic) bond motifs is 1. The molecule has 3 aliphatic heterocycles. The first-order valence-electron chi connectivity index (χ1n) is 15.7. The minimum absolute atomic E-state index is 0.170. The Kier molecular flexibility index (Phi) is 11.3. The van der Waals surface area contributed by atoms with Crippen LogP contribution in [0, 0.1) is 0 Å². The zero-order chi connectivity index (χ0) is 32.8. The van der Waals surface area contributed by atoms with Crippen molar-refractivity contribution in [1.82, 2.24) is 5.32 Å². The zero-order valence-electron chi connectivity index (χ0n) is 25.9. The van der Waals surface area contributed by atoms with Crippen molar-refractivity contribution < 1.29 is 53.3 Å². The van der Waals surface area contributed by atoms with Gasteiger partial charge in [0.15, 0.2) is 18.9 Å². The minimum atomic E-state index is -1.51. The Morgan fingerprint density at radius 2 is 1.40 bits per heavy atom. The van der Waals surface area contributed by atoms with Crippen molar-refractivity contribution in [3.63, 3.8) is 0 Å². The fourth-order valence-corrected chi connectivity index (χ4v) is 6.06. The maximum Gasteiger partial charge on any atom is 0.217 e. The number of hydrogen-bond acceptors (Lipinski definition) is 11. The number of rotatable bonds is 11. The van der Waals surface area contributed by atoms with Gasteiger partial charge in [0.1, 0.15) is 48.8 Å². The van der Waals surface area contributed by atoms with Crippen molar-refractivity contribution >= 4 is 5.91 Å². The molecule has 6 rings (SSSR count). The molecule has 1 amide bonds. The molecule has 3 saturated heterocycles. The Labute approximate surface area is 273 Å². The van der Waals surface area contributed by atoms with Crippen molar-refractivity contribution in [1.29, 1.82) is 0 Å². The first kappa shape index (κ1) is 33.6. The van der Waals surface area contributed by atoms with E-state index in [-0.39, 0.29) is 19.8 Å². The van der Waals surface area contributed by atoms with Crippen LogP contribution in [-0.4, -0.2) is 95.8 Å². The van der Waals surface area contributed by atoms with Gasteiger partial charge in [0.05, 0.1) is 26.4 Å². The number of benzene rings is 3. The molecular formula is C35H41NO11. The largest absolute Gasteiger partial charge is 0.394 e. The Morgan fingerprint density at radius 3 is 2.02 bits per heavy atom. The second kappa shape index (κ2) is 15.8. The van der Waals surface area contributed by atoms with Crippen LogP contribution >= 0.6 is 0 Å². The monoisotopic (exact) mass is 651 g/mol. The molecular weight excluding hydrogens is 610 g/mol. The second-order valence-corrected chi connectivity index (χ2v) is 11.8. The van der Waals surface area contributed by atoms with Crippen LogP contribution in [0.1, 0.15) is 29.9 Å². The van der Waals surface area contributed by atoms with Crippen LogP contribution < -0.4 is 5.32 Å². The smallest absolute Gasteiger partial charge is 0.217 e. The summed E-state index contributed by atoms with van der Waals surface area (Å²) in [5.41, 5.74) is 2.62. The molecule has 0 spiro atoms. The van der Waals surface area contributed by atoms with Gasteiger partial charge in [-0.3, -0.25) is 4.79 Å². The highest BCUT2D eigenvalue weighted by atomic mass is 16.8. The summed E-state index contributed by atoms with van der Waals surface area (Å²) >= 11 is 0. The van der Waals surface area contributed by atoms with E-state index in [1.54, 1.807) is 0 Å². The summed E-state index contributed by atoms with van der Waals surface area (Å²) < 4.78 is 44.6. The van der Waals surface area contributed by atoms with Gasteiger partial charge in [-0.05, 0) is 11.1 Å². The van der Waals surface area contributed by atoms with Crippen LogP contribution in [0.2, 0.25) is 0 Å². The first-order chi connectivity index (χ1) is 22.9. The number of ether oxygens (including phenoxy) is 7. The van der Waals surface area contributed by atoms with Crippen LogP contribution in [0.5, 0.6) is 0 Å². The maximum atomic E-state index is 12.2. The lowest BCUT2D eigenvalue weighted by Gasteiger charge is -2.51. The van der Waals surface area contributed by atoms with E-state index >= 15 is 0 Å². The van der Waals surface area contributed by atoms with E-state index < -0.39 is 80.2 Å². The number of carbonyl (C=O) groups is 1. The van der Waals surface area contributed by atoms with Gasteiger partial charge in [-0.25, -0.2) is 0 Å². The topological polar surface area (TPSA) is 154 Å². The van der Waals surface area contributed by atoms with Crippen molar-refractivity contribution in [2.75, 3.05) is 13.2 Å². The van der Waals surface area contributed by atoms with Crippen molar-refractivity contribution in [3.8, 4) is 0 Å². The summed E-state index contributed by atoms with van der Waals surface area (Å²) in [4.78, 5) is 12.2. The third-order valence-electron chi connectivity index (χ3n) is 8.44. The third-order valence-corrected chi connectivity index (χ3v) is 8.44. The van der Waals surface area contributed by atoms with E-state index in [2.05, 4.69) is 5.32 Å². The van der Waals surface area contributed by atoms with Crippen LogP contribution in [0.15, 0.2) is 91.0 Å². The predicted molar refractivity (Wildman–Crippen MR) is 165 cm³/mol. The molecule has 3 fully saturated rings. The predicted octanol–water partition coefficient (Wildman–Crippen LogP) is 1.96. The minimum Gasteiger partial charge on any atom is -0.394 e. The van der Waals surface area contributed by atoms with E-state index in [0.717, 1.165) is 16.7 Å². The molecule has 0 saturated carbocycles.